The molecule has 3 rings (SSSR count). The van der Waals surface area contributed by atoms with Crippen molar-refractivity contribution >= 4 is 0 Å². The topological polar surface area (TPSA) is 64.1 Å². The largest absolute Gasteiger partial charge is 0.472 e. The predicted octanol–water partition coefficient (Wildman–Crippen LogP) is 1.80. The third-order valence-corrected chi connectivity index (χ3v) is 2.87. The van der Waals surface area contributed by atoms with E-state index >= 15 is 0 Å². The summed E-state index contributed by atoms with van der Waals surface area (Å²) in [6.07, 6.45) is 5.50. The van der Waals surface area contributed by atoms with E-state index in [0.717, 1.165) is 30.9 Å². The molecule has 5 heteroatoms. The Hall–Kier alpha value is -1.62. The maximum Gasteiger partial charge on any atom is 0.261 e. The number of aromatic nitrogens is 2. The van der Waals surface area contributed by atoms with Crippen molar-refractivity contribution in [1.29, 1.82) is 0 Å². The molecule has 1 aliphatic rings. The van der Waals surface area contributed by atoms with Gasteiger partial charge in [-0.15, -0.1) is 0 Å². The molecule has 0 aliphatic carbocycles. The average molecular weight is 219 g/mol. The highest BCUT2D eigenvalue weighted by Gasteiger charge is 2.21. The molecule has 1 unspecified atom stereocenters. The van der Waals surface area contributed by atoms with Gasteiger partial charge in [-0.25, -0.2) is 0 Å². The van der Waals surface area contributed by atoms with E-state index in [1.165, 1.54) is 6.42 Å². The SMILES string of the molecule is c1cc(-c2nc(C3CCCNC3)no2)co1. The number of furan rings is 1. The molecule has 2 aromatic heterocycles. The van der Waals surface area contributed by atoms with Crippen LogP contribution in [0.5, 0.6) is 0 Å². The van der Waals surface area contributed by atoms with Gasteiger partial charge in [-0.2, -0.15) is 4.98 Å². The quantitative estimate of drug-likeness (QED) is 0.834. The molecule has 1 N–H and O–H groups in total. The third-order valence-electron chi connectivity index (χ3n) is 2.87. The van der Waals surface area contributed by atoms with Crippen molar-refractivity contribution in [2.45, 2.75) is 18.8 Å². The summed E-state index contributed by atoms with van der Waals surface area (Å²) in [6, 6.07) is 1.82. The van der Waals surface area contributed by atoms with Gasteiger partial charge in [0.15, 0.2) is 5.82 Å². The minimum Gasteiger partial charge on any atom is -0.472 e. The molecule has 5 nitrogen and oxygen atoms in total. The Kier molecular flexibility index (Phi) is 2.46. The molecule has 1 aliphatic heterocycles. The summed E-state index contributed by atoms with van der Waals surface area (Å²) >= 11 is 0. The summed E-state index contributed by atoms with van der Waals surface area (Å²) in [6.45, 7) is 2.02. The lowest BCUT2D eigenvalue weighted by Gasteiger charge is -2.19. The monoisotopic (exact) mass is 219 g/mol. The molecule has 16 heavy (non-hydrogen) atoms. The Labute approximate surface area is 92.8 Å². The Balaban J connectivity index is 1.82. The van der Waals surface area contributed by atoms with E-state index in [0.29, 0.717) is 11.8 Å². The zero-order valence-corrected chi connectivity index (χ0v) is 8.85. The lowest BCUT2D eigenvalue weighted by atomic mass is 9.99. The Morgan fingerprint density at radius 3 is 3.19 bits per heavy atom. The van der Waals surface area contributed by atoms with Crippen molar-refractivity contribution in [3.63, 3.8) is 0 Å². The van der Waals surface area contributed by atoms with Crippen LogP contribution in [0.3, 0.4) is 0 Å². The maximum atomic E-state index is 5.21. The highest BCUT2D eigenvalue weighted by molar-refractivity contribution is 5.49. The molecule has 1 saturated heterocycles. The molecular formula is C11H13N3O2. The van der Waals surface area contributed by atoms with E-state index in [1.807, 2.05) is 6.07 Å². The molecule has 2 aromatic rings. The Bertz CT molecular complexity index is 444. The van der Waals surface area contributed by atoms with Gasteiger partial charge in [0, 0.05) is 12.5 Å². The van der Waals surface area contributed by atoms with E-state index in [2.05, 4.69) is 15.5 Å². The fourth-order valence-electron chi connectivity index (χ4n) is 1.98. The van der Waals surface area contributed by atoms with Gasteiger partial charge in [-0.3, -0.25) is 0 Å². The second kappa shape index (κ2) is 4.09. The van der Waals surface area contributed by atoms with E-state index in [-0.39, 0.29) is 0 Å². The van der Waals surface area contributed by atoms with Gasteiger partial charge >= 0.3 is 0 Å². The van der Waals surface area contributed by atoms with Crippen LogP contribution in [0.2, 0.25) is 0 Å². The highest BCUT2D eigenvalue weighted by atomic mass is 16.5. The van der Waals surface area contributed by atoms with Gasteiger partial charge in [-0.1, -0.05) is 5.16 Å². The van der Waals surface area contributed by atoms with E-state index < -0.39 is 0 Å². The minimum absolute atomic E-state index is 0.373. The van der Waals surface area contributed by atoms with Gasteiger partial charge in [-0.05, 0) is 25.5 Å². The molecule has 84 valence electrons. The highest BCUT2D eigenvalue weighted by Crippen LogP contribution is 2.24. The van der Waals surface area contributed by atoms with Crippen molar-refractivity contribution in [2.75, 3.05) is 13.1 Å². The number of piperidine rings is 1. The van der Waals surface area contributed by atoms with Crippen LogP contribution in [0, 0.1) is 0 Å². The van der Waals surface area contributed by atoms with Gasteiger partial charge in [0.25, 0.3) is 5.89 Å². The van der Waals surface area contributed by atoms with Crippen molar-refractivity contribution in [2.24, 2.45) is 0 Å². The normalized spacial score (nSPS) is 21.1. The number of hydrogen-bond acceptors (Lipinski definition) is 5. The molecular weight excluding hydrogens is 206 g/mol. The molecule has 0 aromatic carbocycles. The van der Waals surface area contributed by atoms with Crippen LogP contribution >= 0.6 is 0 Å². The van der Waals surface area contributed by atoms with Crippen molar-refractivity contribution in [3.8, 4) is 11.5 Å². The number of nitrogens with zero attached hydrogens (tertiary/aromatic N) is 2. The fourth-order valence-corrected chi connectivity index (χ4v) is 1.98. The number of nitrogens with one attached hydrogen (secondary N) is 1. The summed E-state index contributed by atoms with van der Waals surface area (Å²) in [5.41, 5.74) is 0.836. The standard InChI is InChI=1S/C11H13N3O2/c1-2-8(6-12-4-1)10-13-11(16-14-10)9-3-5-15-7-9/h3,5,7-8,12H,1-2,4,6H2. The number of hydrogen-bond donors (Lipinski definition) is 1. The Morgan fingerprint density at radius 2 is 2.44 bits per heavy atom. The van der Waals surface area contributed by atoms with Crippen LogP contribution in [0.15, 0.2) is 27.5 Å². The summed E-state index contributed by atoms with van der Waals surface area (Å²) in [7, 11) is 0. The second-order valence-electron chi connectivity index (χ2n) is 4.01. The van der Waals surface area contributed by atoms with Crippen LogP contribution in [0.1, 0.15) is 24.6 Å². The maximum absolute atomic E-state index is 5.21. The predicted molar refractivity (Wildman–Crippen MR) is 56.8 cm³/mol. The summed E-state index contributed by atoms with van der Waals surface area (Å²) in [5.74, 6) is 1.70. The van der Waals surface area contributed by atoms with Crippen LogP contribution in [0.4, 0.5) is 0 Å². The molecule has 0 bridgehead atoms. The molecule has 1 fully saturated rings. The molecule has 3 heterocycles. The van der Waals surface area contributed by atoms with Gasteiger partial charge in [0.05, 0.1) is 11.8 Å². The average Bonchev–Trinajstić information content (AvgIpc) is 3.01. The van der Waals surface area contributed by atoms with E-state index in [1.54, 1.807) is 12.5 Å². The lowest BCUT2D eigenvalue weighted by Crippen LogP contribution is -2.28. The van der Waals surface area contributed by atoms with Crippen LogP contribution < -0.4 is 5.32 Å². The third kappa shape index (κ3) is 1.74. The van der Waals surface area contributed by atoms with Crippen LogP contribution in [-0.4, -0.2) is 23.2 Å². The fraction of sp³-hybridized carbons (Fsp3) is 0.455. The van der Waals surface area contributed by atoms with Gasteiger partial charge < -0.3 is 14.3 Å². The summed E-state index contributed by atoms with van der Waals surface area (Å²) in [4.78, 5) is 4.40. The Morgan fingerprint density at radius 1 is 1.44 bits per heavy atom. The first kappa shape index (κ1) is 9.59. The minimum atomic E-state index is 0.373. The number of rotatable bonds is 2. The van der Waals surface area contributed by atoms with Gasteiger partial charge in [0.1, 0.15) is 6.26 Å². The zero-order chi connectivity index (χ0) is 10.8. The van der Waals surface area contributed by atoms with Crippen LogP contribution in [0.25, 0.3) is 11.5 Å². The first-order valence-corrected chi connectivity index (χ1v) is 5.50. The first-order valence-electron chi connectivity index (χ1n) is 5.50. The molecule has 1 atom stereocenters. The van der Waals surface area contributed by atoms with E-state index in [9.17, 15) is 0 Å². The van der Waals surface area contributed by atoms with Crippen molar-refractivity contribution in [3.05, 3.63) is 24.4 Å². The van der Waals surface area contributed by atoms with Crippen molar-refractivity contribution < 1.29 is 8.94 Å². The lowest BCUT2D eigenvalue weighted by molar-refractivity contribution is 0.393. The van der Waals surface area contributed by atoms with Gasteiger partial charge in [0.2, 0.25) is 0 Å². The van der Waals surface area contributed by atoms with E-state index in [4.69, 9.17) is 8.94 Å². The molecule has 0 radical (unpaired) electrons. The second-order valence-corrected chi connectivity index (χ2v) is 4.01. The zero-order valence-electron chi connectivity index (χ0n) is 8.85. The first-order chi connectivity index (χ1) is 7.93. The molecule has 0 spiro atoms. The summed E-state index contributed by atoms with van der Waals surface area (Å²) < 4.78 is 10.2. The van der Waals surface area contributed by atoms with Crippen molar-refractivity contribution in [1.82, 2.24) is 15.5 Å². The summed E-state index contributed by atoms with van der Waals surface area (Å²) in [5, 5.41) is 7.37. The smallest absolute Gasteiger partial charge is 0.261 e. The molecule has 0 saturated carbocycles. The molecule has 0 amide bonds. The van der Waals surface area contributed by atoms with Crippen LogP contribution in [-0.2, 0) is 0 Å².